The minimum atomic E-state index is -0.420. The van der Waals surface area contributed by atoms with Gasteiger partial charge < -0.3 is 10.1 Å². The van der Waals surface area contributed by atoms with E-state index in [9.17, 15) is 4.79 Å². The Morgan fingerprint density at radius 2 is 1.76 bits per heavy atom. The first-order valence-electron chi connectivity index (χ1n) is 12.6. The number of nitrogens with one attached hydrogen (secondary N) is 1. The predicted molar refractivity (Wildman–Crippen MR) is 132 cm³/mol. The molecule has 1 saturated carbocycles. The van der Waals surface area contributed by atoms with E-state index < -0.39 is 5.41 Å². The minimum Gasteiger partial charge on any atom is -0.490 e. The highest BCUT2D eigenvalue weighted by atomic mass is 16.5. The van der Waals surface area contributed by atoms with Crippen molar-refractivity contribution in [1.82, 2.24) is 15.2 Å². The minimum absolute atomic E-state index is 0.0435. The molecule has 0 bridgehead atoms. The summed E-state index contributed by atoms with van der Waals surface area (Å²) in [5.41, 5.74) is 1.82. The zero-order valence-corrected chi connectivity index (χ0v) is 20.4. The van der Waals surface area contributed by atoms with E-state index in [1.165, 1.54) is 31.2 Å². The maximum atomic E-state index is 12.8. The highest BCUT2D eigenvalue weighted by Gasteiger charge is 2.32. The molecule has 2 aliphatic rings. The maximum absolute atomic E-state index is 12.8. The smallest absolute Gasteiger partial charge is 0.225 e. The van der Waals surface area contributed by atoms with Crippen LogP contribution in [-0.4, -0.2) is 35.0 Å². The van der Waals surface area contributed by atoms with Crippen LogP contribution in [-0.2, 0) is 11.3 Å². The maximum Gasteiger partial charge on any atom is 0.225 e. The first-order valence-corrected chi connectivity index (χ1v) is 12.6. The summed E-state index contributed by atoms with van der Waals surface area (Å²) >= 11 is 0. The van der Waals surface area contributed by atoms with Gasteiger partial charge in [-0.25, -0.2) is 0 Å². The van der Waals surface area contributed by atoms with Gasteiger partial charge in [0.1, 0.15) is 5.75 Å². The Hall–Kier alpha value is -2.40. The number of hydrogen-bond donors (Lipinski definition) is 1. The fourth-order valence-electron chi connectivity index (χ4n) is 4.97. The Balaban J connectivity index is 1.39. The van der Waals surface area contributed by atoms with Crippen LogP contribution in [0, 0.1) is 11.3 Å². The summed E-state index contributed by atoms with van der Waals surface area (Å²) in [6.07, 6.45) is 9.19. The summed E-state index contributed by atoms with van der Waals surface area (Å²) in [6.45, 7) is 8.83. The highest BCUT2D eigenvalue weighted by molar-refractivity contribution is 5.81. The van der Waals surface area contributed by atoms with Crippen LogP contribution in [0.15, 0.2) is 48.7 Å². The van der Waals surface area contributed by atoms with Crippen molar-refractivity contribution in [2.75, 3.05) is 13.1 Å². The second kappa shape index (κ2) is 10.7. The zero-order chi connectivity index (χ0) is 23.3. The van der Waals surface area contributed by atoms with Crippen LogP contribution in [0.5, 0.6) is 5.75 Å². The number of pyridine rings is 1. The van der Waals surface area contributed by atoms with Crippen LogP contribution < -0.4 is 10.1 Å². The average Bonchev–Trinajstić information content (AvgIpc) is 3.32. The number of nitrogens with zero attached hydrogens (tertiary/aromatic N) is 2. The lowest BCUT2D eigenvalue weighted by Gasteiger charge is -2.37. The number of para-hydroxylation sites is 1. The van der Waals surface area contributed by atoms with Gasteiger partial charge in [-0.1, -0.05) is 45.0 Å². The number of benzene rings is 1. The van der Waals surface area contributed by atoms with Crippen LogP contribution in [0.25, 0.3) is 0 Å². The van der Waals surface area contributed by atoms with Crippen molar-refractivity contribution in [3.05, 3.63) is 59.9 Å². The van der Waals surface area contributed by atoms with Crippen LogP contribution in [0.1, 0.15) is 76.6 Å². The Morgan fingerprint density at radius 1 is 1.06 bits per heavy atom. The molecule has 1 aliphatic carbocycles. The molecular weight excluding hydrogens is 410 g/mol. The molecule has 1 saturated heterocycles. The van der Waals surface area contributed by atoms with Gasteiger partial charge in [-0.15, -0.1) is 0 Å². The first-order chi connectivity index (χ1) is 15.9. The number of amides is 1. The van der Waals surface area contributed by atoms with Crippen LogP contribution in [0.2, 0.25) is 0 Å². The molecule has 1 amide bonds. The largest absolute Gasteiger partial charge is 0.490 e. The van der Waals surface area contributed by atoms with Crippen molar-refractivity contribution in [1.29, 1.82) is 0 Å². The molecule has 1 aliphatic heterocycles. The summed E-state index contributed by atoms with van der Waals surface area (Å²) in [6, 6.07) is 14.5. The number of piperidine rings is 1. The number of ether oxygens (including phenoxy) is 1. The molecular formula is C28H39N3O2. The predicted octanol–water partition coefficient (Wildman–Crippen LogP) is 5.52. The molecule has 0 unspecified atom stereocenters. The van der Waals surface area contributed by atoms with Crippen LogP contribution in [0.4, 0.5) is 0 Å². The molecule has 0 radical (unpaired) electrons. The van der Waals surface area contributed by atoms with E-state index in [1.54, 1.807) is 0 Å². The van der Waals surface area contributed by atoms with Crippen LogP contribution >= 0.6 is 0 Å². The summed E-state index contributed by atoms with van der Waals surface area (Å²) in [5, 5.41) is 3.32. The molecule has 1 aromatic heterocycles. The zero-order valence-electron chi connectivity index (χ0n) is 20.4. The van der Waals surface area contributed by atoms with Gasteiger partial charge >= 0.3 is 0 Å². The topological polar surface area (TPSA) is 54.5 Å². The fourth-order valence-corrected chi connectivity index (χ4v) is 4.97. The molecule has 0 spiro atoms. The molecule has 1 aromatic carbocycles. The third-order valence-corrected chi connectivity index (χ3v) is 7.04. The molecule has 5 nitrogen and oxygen atoms in total. The first kappa shape index (κ1) is 23.7. The average molecular weight is 450 g/mol. The molecule has 33 heavy (non-hydrogen) atoms. The second-order valence-corrected chi connectivity index (χ2v) is 10.7. The molecule has 2 aromatic rings. The lowest BCUT2D eigenvalue weighted by atomic mass is 9.85. The monoisotopic (exact) mass is 449 g/mol. The Morgan fingerprint density at radius 3 is 2.42 bits per heavy atom. The van der Waals surface area contributed by atoms with Gasteiger partial charge in [-0.2, -0.15) is 0 Å². The third kappa shape index (κ3) is 6.35. The lowest BCUT2D eigenvalue weighted by molar-refractivity contribution is -0.129. The van der Waals surface area contributed by atoms with Crippen LogP contribution in [0.3, 0.4) is 0 Å². The van der Waals surface area contributed by atoms with E-state index >= 15 is 0 Å². The van der Waals surface area contributed by atoms with Crippen molar-refractivity contribution < 1.29 is 9.53 Å². The SMILES string of the molecule is CC(C)(C)C(=O)N[C@H](c1ccccn1)C1CCN(Cc2ccccc2OC2CCCC2)CC1. The van der Waals surface area contributed by atoms with Crippen molar-refractivity contribution >= 4 is 5.91 Å². The van der Waals surface area contributed by atoms with Gasteiger partial charge in [0.25, 0.3) is 0 Å². The highest BCUT2D eigenvalue weighted by Crippen LogP contribution is 2.33. The molecule has 5 heteroatoms. The van der Waals surface area contributed by atoms with Gasteiger partial charge in [-0.3, -0.25) is 14.7 Å². The Bertz CT molecular complexity index is 895. The van der Waals surface area contributed by atoms with Crippen molar-refractivity contribution in [3.8, 4) is 5.75 Å². The van der Waals surface area contributed by atoms with Gasteiger partial charge in [0.05, 0.1) is 17.8 Å². The summed E-state index contributed by atoms with van der Waals surface area (Å²) < 4.78 is 6.36. The summed E-state index contributed by atoms with van der Waals surface area (Å²) in [7, 11) is 0. The Kier molecular flexibility index (Phi) is 7.69. The van der Waals surface area contributed by atoms with E-state index in [-0.39, 0.29) is 11.9 Å². The summed E-state index contributed by atoms with van der Waals surface area (Å²) in [5.74, 6) is 1.52. The molecule has 1 N–H and O–H groups in total. The number of rotatable bonds is 7. The number of hydrogen-bond acceptors (Lipinski definition) is 4. The van der Waals surface area contributed by atoms with E-state index in [1.807, 2.05) is 45.2 Å². The number of carbonyl (C=O) groups is 1. The Labute approximate surface area is 198 Å². The van der Waals surface area contributed by atoms with Gasteiger partial charge in [-0.05, 0) is 75.7 Å². The van der Waals surface area contributed by atoms with Gasteiger partial charge in [0.2, 0.25) is 5.91 Å². The van der Waals surface area contributed by atoms with E-state index in [0.29, 0.717) is 12.0 Å². The van der Waals surface area contributed by atoms with Gasteiger partial charge in [0, 0.05) is 23.7 Å². The standard InChI is InChI=1S/C28H39N3O2/c1-28(2,3)27(32)30-26(24-13-8-9-17-29-24)21-15-18-31(19-16-21)20-22-10-4-7-14-25(22)33-23-11-5-6-12-23/h4,7-10,13-14,17,21,23,26H,5-6,11-12,15-16,18-20H2,1-3H3,(H,30,32)/t26-/m0/s1. The van der Waals surface area contributed by atoms with E-state index in [0.717, 1.165) is 43.9 Å². The van der Waals surface area contributed by atoms with Crippen molar-refractivity contribution in [2.45, 2.75) is 78.0 Å². The normalized spacial score (nSPS) is 19.4. The molecule has 4 rings (SSSR count). The molecule has 178 valence electrons. The second-order valence-electron chi connectivity index (χ2n) is 10.7. The molecule has 1 atom stereocenters. The van der Waals surface area contributed by atoms with Crippen molar-refractivity contribution in [3.63, 3.8) is 0 Å². The lowest BCUT2D eigenvalue weighted by Crippen LogP contribution is -2.44. The van der Waals surface area contributed by atoms with Crippen molar-refractivity contribution in [2.24, 2.45) is 11.3 Å². The third-order valence-electron chi connectivity index (χ3n) is 7.04. The quantitative estimate of drug-likeness (QED) is 0.605. The number of likely N-dealkylation sites (tertiary alicyclic amines) is 1. The van der Waals surface area contributed by atoms with E-state index in [2.05, 4.69) is 39.5 Å². The van der Waals surface area contributed by atoms with Gasteiger partial charge in [0.15, 0.2) is 0 Å². The van der Waals surface area contributed by atoms with E-state index in [4.69, 9.17) is 4.74 Å². The number of aromatic nitrogens is 1. The number of carbonyl (C=O) groups excluding carboxylic acids is 1. The summed E-state index contributed by atoms with van der Waals surface area (Å²) in [4.78, 5) is 19.9. The molecule has 2 fully saturated rings. The fraction of sp³-hybridized carbons (Fsp3) is 0.571. The molecule has 2 heterocycles.